The van der Waals surface area contributed by atoms with Crippen molar-refractivity contribution in [1.29, 1.82) is 0 Å². The van der Waals surface area contributed by atoms with Gasteiger partial charge in [-0.2, -0.15) is 0 Å². The number of rotatable bonds is 8. The Bertz CT molecular complexity index is 359. The lowest BCUT2D eigenvalue weighted by molar-refractivity contribution is -0.151. The molecule has 1 N–H and O–H groups in total. The summed E-state index contributed by atoms with van der Waals surface area (Å²) in [5.74, 6) is 0.345. The van der Waals surface area contributed by atoms with Crippen molar-refractivity contribution in [1.82, 2.24) is 0 Å². The summed E-state index contributed by atoms with van der Waals surface area (Å²) in [6.07, 6.45) is 0.492. The van der Waals surface area contributed by atoms with Crippen LogP contribution < -0.4 is 0 Å². The van der Waals surface area contributed by atoms with Crippen LogP contribution in [0.2, 0.25) is 0 Å². The number of carbonyl (C=O) groups is 1. The standard InChI is InChI=1S/C16H28O6/c1-10(2)16(18)22-9-13(17)8-19-5-4-12-7-21-14-11(3)6-20-15(12)14/h10-15,17H,4-9H2,1-3H3. The summed E-state index contributed by atoms with van der Waals surface area (Å²) >= 11 is 0. The Kier molecular flexibility index (Phi) is 6.62. The zero-order chi connectivity index (χ0) is 16.1. The first-order valence-electron chi connectivity index (χ1n) is 8.14. The van der Waals surface area contributed by atoms with Gasteiger partial charge in [-0.05, 0) is 6.42 Å². The Balaban J connectivity index is 1.55. The highest BCUT2D eigenvalue weighted by Gasteiger charge is 2.45. The van der Waals surface area contributed by atoms with Gasteiger partial charge in [-0.1, -0.05) is 20.8 Å². The van der Waals surface area contributed by atoms with Crippen molar-refractivity contribution in [2.24, 2.45) is 17.8 Å². The first kappa shape index (κ1) is 17.7. The topological polar surface area (TPSA) is 74.2 Å². The molecule has 6 heteroatoms. The molecule has 0 aromatic heterocycles. The summed E-state index contributed by atoms with van der Waals surface area (Å²) in [4.78, 5) is 11.3. The van der Waals surface area contributed by atoms with Crippen molar-refractivity contribution in [2.45, 2.75) is 45.5 Å². The number of aliphatic hydroxyl groups is 1. The van der Waals surface area contributed by atoms with E-state index >= 15 is 0 Å². The molecule has 128 valence electrons. The molecule has 0 amide bonds. The van der Waals surface area contributed by atoms with Crippen molar-refractivity contribution in [2.75, 3.05) is 33.0 Å². The summed E-state index contributed by atoms with van der Waals surface area (Å²) in [5.41, 5.74) is 0. The van der Waals surface area contributed by atoms with Gasteiger partial charge in [0.15, 0.2) is 0 Å². The molecule has 22 heavy (non-hydrogen) atoms. The molecule has 0 saturated carbocycles. The summed E-state index contributed by atoms with van der Waals surface area (Å²) in [7, 11) is 0. The average molecular weight is 316 g/mol. The number of ether oxygens (including phenoxy) is 4. The summed E-state index contributed by atoms with van der Waals surface area (Å²) < 4.78 is 22.0. The van der Waals surface area contributed by atoms with E-state index in [9.17, 15) is 9.90 Å². The van der Waals surface area contributed by atoms with E-state index in [1.54, 1.807) is 13.8 Å². The first-order valence-corrected chi connectivity index (χ1v) is 8.14. The Morgan fingerprint density at radius 3 is 2.68 bits per heavy atom. The lowest BCUT2D eigenvalue weighted by Crippen LogP contribution is -2.27. The Hall–Kier alpha value is -0.690. The number of esters is 1. The van der Waals surface area contributed by atoms with E-state index in [-0.39, 0.29) is 37.3 Å². The van der Waals surface area contributed by atoms with Crippen LogP contribution in [0, 0.1) is 17.8 Å². The molecule has 0 spiro atoms. The third-order valence-electron chi connectivity index (χ3n) is 4.24. The van der Waals surface area contributed by atoms with Gasteiger partial charge in [-0.15, -0.1) is 0 Å². The van der Waals surface area contributed by atoms with Gasteiger partial charge in [-0.3, -0.25) is 4.79 Å². The quantitative estimate of drug-likeness (QED) is 0.532. The van der Waals surface area contributed by atoms with Crippen molar-refractivity contribution in [3.8, 4) is 0 Å². The maximum atomic E-state index is 11.3. The van der Waals surface area contributed by atoms with Gasteiger partial charge in [-0.25, -0.2) is 0 Å². The van der Waals surface area contributed by atoms with Crippen LogP contribution in [0.5, 0.6) is 0 Å². The van der Waals surface area contributed by atoms with E-state index in [0.29, 0.717) is 18.4 Å². The van der Waals surface area contributed by atoms with E-state index in [1.807, 2.05) is 0 Å². The number of hydrogen-bond acceptors (Lipinski definition) is 6. The lowest BCUT2D eigenvalue weighted by Gasteiger charge is -2.17. The molecule has 0 aromatic carbocycles. The molecule has 5 atom stereocenters. The normalized spacial score (nSPS) is 32.2. The highest BCUT2D eigenvalue weighted by atomic mass is 16.6. The molecule has 6 nitrogen and oxygen atoms in total. The molecule has 5 unspecified atom stereocenters. The van der Waals surface area contributed by atoms with Crippen molar-refractivity contribution in [3.63, 3.8) is 0 Å². The van der Waals surface area contributed by atoms with Gasteiger partial charge in [0.05, 0.1) is 37.9 Å². The molecular formula is C16H28O6. The van der Waals surface area contributed by atoms with Gasteiger partial charge < -0.3 is 24.1 Å². The maximum Gasteiger partial charge on any atom is 0.308 e. The summed E-state index contributed by atoms with van der Waals surface area (Å²) in [6, 6.07) is 0. The van der Waals surface area contributed by atoms with Gasteiger partial charge in [0.2, 0.25) is 0 Å². The van der Waals surface area contributed by atoms with Gasteiger partial charge in [0.1, 0.15) is 12.7 Å². The van der Waals surface area contributed by atoms with Gasteiger partial charge in [0.25, 0.3) is 0 Å². The predicted octanol–water partition coefficient (Wildman–Crippen LogP) is 1.00. The van der Waals surface area contributed by atoms with Crippen LogP contribution in [-0.4, -0.2) is 62.4 Å². The van der Waals surface area contributed by atoms with E-state index < -0.39 is 6.10 Å². The van der Waals surface area contributed by atoms with Crippen molar-refractivity contribution < 1.29 is 28.8 Å². The van der Waals surface area contributed by atoms with Gasteiger partial charge >= 0.3 is 5.97 Å². The maximum absolute atomic E-state index is 11.3. The Morgan fingerprint density at radius 2 is 1.95 bits per heavy atom. The number of hydrogen-bond donors (Lipinski definition) is 1. The molecule has 0 aromatic rings. The van der Waals surface area contributed by atoms with E-state index in [1.165, 1.54) is 0 Å². The fraction of sp³-hybridized carbons (Fsp3) is 0.938. The smallest absolute Gasteiger partial charge is 0.308 e. The van der Waals surface area contributed by atoms with Crippen LogP contribution in [0.4, 0.5) is 0 Å². The molecule has 0 bridgehead atoms. The molecular weight excluding hydrogens is 288 g/mol. The minimum atomic E-state index is -0.780. The van der Waals surface area contributed by atoms with Crippen LogP contribution in [0.15, 0.2) is 0 Å². The highest BCUT2D eigenvalue weighted by Crippen LogP contribution is 2.35. The van der Waals surface area contributed by atoms with Crippen LogP contribution in [0.3, 0.4) is 0 Å². The van der Waals surface area contributed by atoms with Crippen LogP contribution in [-0.2, 0) is 23.7 Å². The number of aliphatic hydroxyl groups excluding tert-OH is 1. The van der Waals surface area contributed by atoms with Gasteiger partial charge in [0, 0.05) is 18.4 Å². The monoisotopic (exact) mass is 316 g/mol. The highest BCUT2D eigenvalue weighted by molar-refractivity contribution is 5.71. The molecule has 2 heterocycles. The second kappa shape index (κ2) is 8.24. The molecule has 2 aliphatic rings. The zero-order valence-corrected chi connectivity index (χ0v) is 13.7. The van der Waals surface area contributed by atoms with Crippen LogP contribution >= 0.6 is 0 Å². The fourth-order valence-electron chi connectivity index (χ4n) is 2.86. The SMILES string of the molecule is CC(C)C(=O)OCC(O)COCCC1COC2C(C)COC12. The molecule has 2 fully saturated rings. The van der Waals surface area contributed by atoms with Crippen molar-refractivity contribution >= 4 is 5.97 Å². The first-order chi connectivity index (χ1) is 10.5. The van der Waals surface area contributed by atoms with E-state index in [2.05, 4.69) is 6.92 Å². The lowest BCUT2D eigenvalue weighted by atomic mass is 9.95. The molecule has 0 aliphatic carbocycles. The molecule has 2 saturated heterocycles. The molecule has 2 rings (SSSR count). The third kappa shape index (κ3) is 4.65. The zero-order valence-electron chi connectivity index (χ0n) is 13.7. The second-order valence-electron chi connectivity index (χ2n) is 6.64. The predicted molar refractivity (Wildman–Crippen MR) is 79.4 cm³/mol. The van der Waals surface area contributed by atoms with Crippen molar-refractivity contribution in [3.05, 3.63) is 0 Å². The number of carbonyl (C=O) groups excluding carboxylic acids is 1. The number of fused-ring (bicyclic) bond motifs is 1. The third-order valence-corrected chi connectivity index (χ3v) is 4.24. The summed E-state index contributed by atoms with van der Waals surface area (Å²) in [6.45, 7) is 7.86. The molecule has 2 aliphatic heterocycles. The Labute approximate surface area is 132 Å². The summed E-state index contributed by atoms with van der Waals surface area (Å²) in [5, 5.41) is 9.71. The second-order valence-corrected chi connectivity index (χ2v) is 6.64. The largest absolute Gasteiger partial charge is 0.463 e. The Morgan fingerprint density at radius 1 is 1.23 bits per heavy atom. The van der Waals surface area contributed by atoms with Crippen LogP contribution in [0.25, 0.3) is 0 Å². The van der Waals surface area contributed by atoms with Crippen LogP contribution in [0.1, 0.15) is 27.2 Å². The fourth-order valence-corrected chi connectivity index (χ4v) is 2.86. The minimum Gasteiger partial charge on any atom is -0.463 e. The van der Waals surface area contributed by atoms with E-state index in [4.69, 9.17) is 18.9 Å². The average Bonchev–Trinajstić information content (AvgIpc) is 3.04. The minimum absolute atomic E-state index is 0.0190. The van der Waals surface area contributed by atoms with E-state index in [0.717, 1.165) is 19.6 Å². The molecule has 0 radical (unpaired) electrons.